The van der Waals surface area contributed by atoms with E-state index in [0.29, 0.717) is 23.7 Å². The second kappa shape index (κ2) is 5.95. The standard InChI is InChI=1S/C15H10Cl2O4/c16-13-5-9(7-18)1-3-11(13)15(20,21)12-4-2-10(8-19)6-14(12)17/h1-8,20-21H. The van der Waals surface area contributed by atoms with E-state index in [-0.39, 0.29) is 21.2 Å². The van der Waals surface area contributed by atoms with Crippen molar-refractivity contribution < 1.29 is 19.8 Å². The fourth-order valence-electron chi connectivity index (χ4n) is 1.92. The smallest absolute Gasteiger partial charge is 0.220 e. The van der Waals surface area contributed by atoms with E-state index < -0.39 is 5.79 Å². The van der Waals surface area contributed by atoms with Crippen molar-refractivity contribution in [3.8, 4) is 0 Å². The number of benzene rings is 2. The second-order valence-corrected chi connectivity index (χ2v) is 5.20. The van der Waals surface area contributed by atoms with Gasteiger partial charge in [0.2, 0.25) is 5.79 Å². The summed E-state index contributed by atoms with van der Waals surface area (Å²) in [6, 6.07) is 8.11. The molecular formula is C15H10Cl2O4. The van der Waals surface area contributed by atoms with Crippen molar-refractivity contribution in [3.63, 3.8) is 0 Å². The molecule has 0 spiro atoms. The second-order valence-electron chi connectivity index (χ2n) is 4.39. The number of hydrogen-bond donors (Lipinski definition) is 2. The Kier molecular flexibility index (Phi) is 4.44. The highest BCUT2D eigenvalue weighted by molar-refractivity contribution is 6.32. The molecule has 2 N–H and O–H groups in total. The maximum absolute atomic E-state index is 10.7. The topological polar surface area (TPSA) is 74.6 Å². The van der Waals surface area contributed by atoms with Gasteiger partial charge < -0.3 is 10.2 Å². The molecule has 0 aliphatic carbocycles. The first-order valence-corrected chi connectivity index (χ1v) is 6.61. The quantitative estimate of drug-likeness (QED) is 0.670. The molecule has 6 heteroatoms. The summed E-state index contributed by atoms with van der Waals surface area (Å²) in [5.74, 6) is -2.45. The van der Waals surface area contributed by atoms with Gasteiger partial charge in [0.05, 0.1) is 10.0 Å². The third-order valence-electron chi connectivity index (χ3n) is 3.01. The van der Waals surface area contributed by atoms with Gasteiger partial charge in [-0.05, 0) is 12.1 Å². The van der Waals surface area contributed by atoms with Gasteiger partial charge in [0.25, 0.3) is 0 Å². The molecule has 0 saturated carbocycles. The van der Waals surface area contributed by atoms with Crippen LogP contribution >= 0.6 is 23.2 Å². The van der Waals surface area contributed by atoms with Crippen molar-refractivity contribution in [2.24, 2.45) is 0 Å². The van der Waals surface area contributed by atoms with Crippen LogP contribution < -0.4 is 0 Å². The Balaban J connectivity index is 2.56. The van der Waals surface area contributed by atoms with Crippen LogP contribution in [0.25, 0.3) is 0 Å². The number of carbonyl (C=O) groups is 2. The van der Waals surface area contributed by atoms with Gasteiger partial charge in [-0.25, -0.2) is 0 Å². The molecule has 0 bridgehead atoms. The van der Waals surface area contributed by atoms with Gasteiger partial charge in [-0.3, -0.25) is 9.59 Å². The molecule has 0 amide bonds. The zero-order valence-electron chi connectivity index (χ0n) is 10.6. The molecule has 2 aromatic rings. The largest absolute Gasteiger partial charge is 0.358 e. The number of aldehydes is 2. The Hall–Kier alpha value is -1.72. The summed E-state index contributed by atoms with van der Waals surface area (Å²) >= 11 is 12.0. The third kappa shape index (κ3) is 2.99. The minimum absolute atomic E-state index is 0.0140. The van der Waals surface area contributed by atoms with Crippen LogP contribution in [-0.4, -0.2) is 22.8 Å². The molecule has 2 aromatic carbocycles. The summed E-state index contributed by atoms with van der Waals surface area (Å²) in [4.78, 5) is 21.4. The minimum atomic E-state index is -2.45. The Bertz CT molecular complexity index is 651. The molecule has 0 saturated heterocycles. The zero-order valence-corrected chi connectivity index (χ0v) is 12.1. The molecule has 0 unspecified atom stereocenters. The Morgan fingerprint density at radius 1 is 0.810 bits per heavy atom. The summed E-state index contributed by atoms with van der Waals surface area (Å²) in [5, 5.41) is 20.7. The molecule has 0 heterocycles. The van der Waals surface area contributed by atoms with E-state index in [1.807, 2.05) is 0 Å². The first kappa shape index (κ1) is 15.7. The van der Waals surface area contributed by atoms with Crippen LogP contribution in [-0.2, 0) is 5.79 Å². The number of carbonyl (C=O) groups excluding carboxylic acids is 2. The van der Waals surface area contributed by atoms with Crippen LogP contribution in [0.5, 0.6) is 0 Å². The third-order valence-corrected chi connectivity index (χ3v) is 3.64. The van der Waals surface area contributed by atoms with E-state index in [1.165, 1.54) is 36.4 Å². The molecule has 108 valence electrons. The lowest BCUT2D eigenvalue weighted by Crippen LogP contribution is -2.27. The van der Waals surface area contributed by atoms with Gasteiger partial charge in [0.15, 0.2) is 0 Å². The molecule has 0 atom stereocenters. The van der Waals surface area contributed by atoms with E-state index in [1.54, 1.807) is 0 Å². The molecule has 0 aromatic heterocycles. The van der Waals surface area contributed by atoms with Crippen LogP contribution in [0.4, 0.5) is 0 Å². The number of aliphatic hydroxyl groups is 2. The van der Waals surface area contributed by atoms with E-state index in [9.17, 15) is 19.8 Å². The molecule has 21 heavy (non-hydrogen) atoms. The van der Waals surface area contributed by atoms with Crippen molar-refractivity contribution >= 4 is 35.8 Å². The maximum Gasteiger partial charge on any atom is 0.220 e. The normalized spacial score (nSPS) is 11.2. The summed E-state index contributed by atoms with van der Waals surface area (Å²) in [6.45, 7) is 0. The monoisotopic (exact) mass is 324 g/mol. The van der Waals surface area contributed by atoms with Crippen molar-refractivity contribution in [2.75, 3.05) is 0 Å². The van der Waals surface area contributed by atoms with Gasteiger partial charge in [0.1, 0.15) is 12.6 Å². The van der Waals surface area contributed by atoms with Crippen LogP contribution in [0.2, 0.25) is 10.0 Å². The zero-order chi connectivity index (χ0) is 15.6. The fourth-order valence-corrected chi connectivity index (χ4v) is 2.56. The molecule has 4 nitrogen and oxygen atoms in total. The van der Waals surface area contributed by atoms with Crippen molar-refractivity contribution in [2.45, 2.75) is 5.79 Å². The predicted octanol–water partition coefficient (Wildman–Crippen LogP) is 2.80. The Morgan fingerprint density at radius 2 is 1.19 bits per heavy atom. The fraction of sp³-hybridized carbons (Fsp3) is 0.0667. The van der Waals surface area contributed by atoms with Crippen molar-refractivity contribution in [3.05, 3.63) is 68.7 Å². The molecule has 0 aliphatic rings. The van der Waals surface area contributed by atoms with E-state index >= 15 is 0 Å². The first-order valence-electron chi connectivity index (χ1n) is 5.85. The first-order chi connectivity index (χ1) is 9.90. The number of rotatable bonds is 4. The SMILES string of the molecule is O=Cc1ccc(C(O)(O)c2ccc(C=O)cc2Cl)c(Cl)c1. The molecule has 2 rings (SSSR count). The van der Waals surface area contributed by atoms with Gasteiger partial charge >= 0.3 is 0 Å². The van der Waals surface area contributed by atoms with E-state index in [0.717, 1.165) is 0 Å². The summed E-state index contributed by atoms with van der Waals surface area (Å²) in [6.07, 6.45) is 1.19. The van der Waals surface area contributed by atoms with Gasteiger partial charge in [-0.15, -0.1) is 0 Å². The Morgan fingerprint density at radius 3 is 1.48 bits per heavy atom. The van der Waals surface area contributed by atoms with Gasteiger partial charge in [0, 0.05) is 22.3 Å². The summed E-state index contributed by atoms with van der Waals surface area (Å²) < 4.78 is 0. The van der Waals surface area contributed by atoms with Crippen LogP contribution in [0.1, 0.15) is 31.8 Å². The lowest BCUT2D eigenvalue weighted by molar-refractivity contribution is -0.131. The van der Waals surface area contributed by atoms with Crippen LogP contribution in [0.15, 0.2) is 36.4 Å². The van der Waals surface area contributed by atoms with Crippen LogP contribution in [0, 0.1) is 0 Å². The average Bonchev–Trinajstić information content (AvgIpc) is 2.46. The maximum atomic E-state index is 10.7. The molecular weight excluding hydrogens is 315 g/mol. The van der Waals surface area contributed by atoms with Crippen molar-refractivity contribution in [1.82, 2.24) is 0 Å². The number of halogens is 2. The van der Waals surface area contributed by atoms with Gasteiger partial charge in [-0.2, -0.15) is 0 Å². The molecule has 0 fully saturated rings. The molecule has 0 radical (unpaired) electrons. The predicted molar refractivity (Wildman–Crippen MR) is 78.9 cm³/mol. The Labute approximate surface area is 130 Å². The lowest BCUT2D eigenvalue weighted by atomic mass is 9.95. The number of hydrogen-bond acceptors (Lipinski definition) is 4. The highest BCUT2D eigenvalue weighted by Crippen LogP contribution is 2.36. The van der Waals surface area contributed by atoms with Crippen LogP contribution in [0.3, 0.4) is 0 Å². The van der Waals surface area contributed by atoms with E-state index in [4.69, 9.17) is 23.2 Å². The van der Waals surface area contributed by atoms with Crippen molar-refractivity contribution in [1.29, 1.82) is 0 Å². The summed E-state index contributed by atoms with van der Waals surface area (Å²) in [7, 11) is 0. The van der Waals surface area contributed by atoms with Gasteiger partial charge in [-0.1, -0.05) is 47.5 Å². The summed E-state index contributed by atoms with van der Waals surface area (Å²) in [5.41, 5.74) is 0.579. The lowest BCUT2D eigenvalue weighted by Gasteiger charge is -2.25. The molecule has 0 aliphatic heterocycles. The highest BCUT2D eigenvalue weighted by Gasteiger charge is 2.33. The van der Waals surface area contributed by atoms with E-state index in [2.05, 4.69) is 0 Å². The minimum Gasteiger partial charge on any atom is -0.358 e. The average molecular weight is 325 g/mol. The highest BCUT2D eigenvalue weighted by atomic mass is 35.5.